The molecule has 6 nitrogen and oxygen atoms in total. The van der Waals surface area contributed by atoms with Crippen molar-refractivity contribution in [1.82, 2.24) is 25.0 Å². The van der Waals surface area contributed by atoms with Gasteiger partial charge in [0.15, 0.2) is 11.5 Å². The molecule has 0 spiro atoms. The summed E-state index contributed by atoms with van der Waals surface area (Å²) in [6.07, 6.45) is 6.78. The van der Waals surface area contributed by atoms with Crippen LogP contribution in [0.2, 0.25) is 0 Å². The van der Waals surface area contributed by atoms with Gasteiger partial charge in [0.05, 0.1) is 18.0 Å². The summed E-state index contributed by atoms with van der Waals surface area (Å²) in [5.74, 6) is 0.763. The second-order valence-corrected chi connectivity index (χ2v) is 6.08. The summed E-state index contributed by atoms with van der Waals surface area (Å²) in [5.41, 5.74) is 1.71. The smallest absolute Gasteiger partial charge is 0.165 e. The zero-order chi connectivity index (χ0) is 16.4. The molecule has 122 valence electrons. The number of pyridine rings is 1. The third-order valence-electron chi connectivity index (χ3n) is 4.21. The Morgan fingerprint density at radius 2 is 2.00 bits per heavy atom. The van der Waals surface area contributed by atoms with Crippen LogP contribution in [0.15, 0.2) is 24.5 Å². The van der Waals surface area contributed by atoms with E-state index in [2.05, 4.69) is 34.1 Å². The first-order valence-corrected chi connectivity index (χ1v) is 8.17. The number of hydrogen-bond acceptors (Lipinski definition) is 4. The van der Waals surface area contributed by atoms with Gasteiger partial charge in [-0.3, -0.25) is 5.10 Å². The lowest BCUT2D eigenvalue weighted by Crippen LogP contribution is -2.26. The van der Waals surface area contributed by atoms with Gasteiger partial charge in [-0.1, -0.05) is 26.7 Å². The van der Waals surface area contributed by atoms with Crippen molar-refractivity contribution in [3.05, 3.63) is 35.8 Å². The van der Waals surface area contributed by atoms with Gasteiger partial charge in [0.2, 0.25) is 0 Å². The Kier molecular flexibility index (Phi) is 4.17. The number of aromatic nitrogens is 5. The SMILES string of the molecule is CCCC(O)(CCC)c1cc(C)nc2c1cnn2-c1ccn[nH]1. The number of hydrogen-bond donors (Lipinski definition) is 2. The van der Waals surface area contributed by atoms with Crippen LogP contribution in [-0.4, -0.2) is 30.1 Å². The van der Waals surface area contributed by atoms with Gasteiger partial charge in [0.25, 0.3) is 0 Å². The fourth-order valence-corrected chi connectivity index (χ4v) is 3.27. The maximum Gasteiger partial charge on any atom is 0.165 e. The predicted molar refractivity (Wildman–Crippen MR) is 89.5 cm³/mol. The fraction of sp³-hybridized carbons (Fsp3) is 0.471. The first-order valence-electron chi connectivity index (χ1n) is 8.17. The van der Waals surface area contributed by atoms with E-state index in [0.29, 0.717) is 0 Å². The third kappa shape index (κ3) is 2.74. The molecular formula is C17H23N5O. The number of nitrogens with one attached hydrogen (secondary N) is 1. The summed E-state index contributed by atoms with van der Waals surface area (Å²) in [7, 11) is 0. The lowest BCUT2D eigenvalue weighted by molar-refractivity contribution is 0.0183. The molecule has 0 fully saturated rings. The normalized spacial score (nSPS) is 12.2. The van der Waals surface area contributed by atoms with Crippen molar-refractivity contribution < 1.29 is 5.11 Å². The summed E-state index contributed by atoms with van der Waals surface area (Å²) >= 11 is 0. The zero-order valence-electron chi connectivity index (χ0n) is 13.9. The molecule has 0 unspecified atom stereocenters. The van der Waals surface area contributed by atoms with E-state index < -0.39 is 5.60 Å². The van der Waals surface area contributed by atoms with Crippen LogP contribution in [0.3, 0.4) is 0 Å². The molecule has 23 heavy (non-hydrogen) atoms. The van der Waals surface area contributed by atoms with Gasteiger partial charge < -0.3 is 5.11 Å². The van der Waals surface area contributed by atoms with Gasteiger partial charge in [0, 0.05) is 17.1 Å². The molecular weight excluding hydrogens is 290 g/mol. The van der Waals surface area contributed by atoms with Gasteiger partial charge in [-0.2, -0.15) is 14.9 Å². The highest BCUT2D eigenvalue weighted by Gasteiger charge is 2.30. The Morgan fingerprint density at radius 3 is 2.61 bits per heavy atom. The number of aliphatic hydroxyl groups is 1. The van der Waals surface area contributed by atoms with Crippen LogP contribution in [-0.2, 0) is 5.60 Å². The molecule has 0 atom stereocenters. The van der Waals surface area contributed by atoms with E-state index in [4.69, 9.17) is 0 Å². The van der Waals surface area contributed by atoms with Crippen molar-refractivity contribution in [2.24, 2.45) is 0 Å². The second kappa shape index (κ2) is 6.12. The Bertz CT molecular complexity index is 785. The van der Waals surface area contributed by atoms with Crippen molar-refractivity contribution in [2.45, 2.75) is 52.1 Å². The van der Waals surface area contributed by atoms with E-state index >= 15 is 0 Å². The Morgan fingerprint density at radius 1 is 1.26 bits per heavy atom. The number of nitrogens with zero attached hydrogens (tertiary/aromatic N) is 4. The molecule has 3 aromatic heterocycles. The lowest BCUT2D eigenvalue weighted by atomic mass is 9.84. The number of rotatable bonds is 6. The molecule has 0 aromatic carbocycles. The Hall–Kier alpha value is -2.21. The molecule has 0 saturated carbocycles. The van der Waals surface area contributed by atoms with Crippen LogP contribution in [0.5, 0.6) is 0 Å². The van der Waals surface area contributed by atoms with Crippen molar-refractivity contribution >= 4 is 11.0 Å². The van der Waals surface area contributed by atoms with Gasteiger partial charge in [-0.15, -0.1) is 0 Å². The average Bonchev–Trinajstić information content (AvgIpc) is 3.15. The summed E-state index contributed by atoms with van der Waals surface area (Å²) in [4.78, 5) is 4.63. The monoisotopic (exact) mass is 313 g/mol. The Balaban J connectivity index is 2.22. The molecule has 2 N–H and O–H groups in total. The fourth-order valence-electron chi connectivity index (χ4n) is 3.27. The zero-order valence-corrected chi connectivity index (χ0v) is 13.9. The summed E-state index contributed by atoms with van der Waals surface area (Å²) < 4.78 is 1.73. The molecule has 0 bridgehead atoms. The minimum absolute atomic E-state index is 0.731. The van der Waals surface area contributed by atoms with Crippen molar-refractivity contribution in [1.29, 1.82) is 0 Å². The first kappa shape index (κ1) is 15.7. The molecule has 0 aliphatic carbocycles. The predicted octanol–water partition coefficient (Wildman–Crippen LogP) is 3.24. The molecule has 3 heterocycles. The minimum atomic E-state index is -0.836. The summed E-state index contributed by atoms with van der Waals surface area (Å²) in [6, 6.07) is 3.84. The van der Waals surface area contributed by atoms with E-state index in [-0.39, 0.29) is 0 Å². The highest BCUT2D eigenvalue weighted by molar-refractivity contribution is 5.81. The van der Waals surface area contributed by atoms with E-state index in [1.54, 1.807) is 17.1 Å². The molecule has 0 saturated heterocycles. The van der Waals surface area contributed by atoms with E-state index in [0.717, 1.165) is 53.8 Å². The molecule has 0 aliphatic rings. The first-order chi connectivity index (χ1) is 11.1. The molecule has 0 amide bonds. The third-order valence-corrected chi connectivity index (χ3v) is 4.21. The van der Waals surface area contributed by atoms with E-state index in [9.17, 15) is 5.11 Å². The standard InChI is InChI=1S/C17H23N5O/c1-4-7-17(23,8-5-2)14-10-12(3)20-16-13(14)11-19-22(16)15-6-9-18-21-15/h6,9-11,23H,4-5,7-8H2,1-3H3,(H,18,21). The van der Waals surface area contributed by atoms with Crippen molar-refractivity contribution in [2.75, 3.05) is 0 Å². The summed E-state index contributed by atoms with van der Waals surface area (Å²) in [6.45, 7) is 6.14. The number of aromatic amines is 1. The van der Waals surface area contributed by atoms with E-state index in [1.165, 1.54) is 0 Å². The molecule has 0 radical (unpaired) electrons. The molecule has 3 rings (SSSR count). The maximum absolute atomic E-state index is 11.3. The van der Waals surface area contributed by atoms with Crippen LogP contribution in [0.4, 0.5) is 0 Å². The number of fused-ring (bicyclic) bond motifs is 1. The highest BCUT2D eigenvalue weighted by Crippen LogP contribution is 2.36. The van der Waals surface area contributed by atoms with Gasteiger partial charge >= 0.3 is 0 Å². The van der Waals surface area contributed by atoms with Gasteiger partial charge in [-0.05, 0) is 31.4 Å². The molecule has 3 aromatic rings. The summed E-state index contributed by atoms with van der Waals surface area (Å²) in [5, 5.41) is 23.5. The molecule has 6 heteroatoms. The quantitative estimate of drug-likeness (QED) is 0.732. The van der Waals surface area contributed by atoms with Crippen LogP contribution < -0.4 is 0 Å². The second-order valence-electron chi connectivity index (χ2n) is 6.08. The van der Waals surface area contributed by atoms with Gasteiger partial charge in [-0.25, -0.2) is 4.98 Å². The largest absolute Gasteiger partial charge is 0.385 e. The van der Waals surface area contributed by atoms with Crippen LogP contribution >= 0.6 is 0 Å². The Labute approximate surface area is 135 Å². The van der Waals surface area contributed by atoms with Crippen molar-refractivity contribution in [3.63, 3.8) is 0 Å². The average molecular weight is 313 g/mol. The van der Waals surface area contributed by atoms with E-state index in [1.807, 2.05) is 19.1 Å². The van der Waals surface area contributed by atoms with Gasteiger partial charge in [0.1, 0.15) is 0 Å². The number of aryl methyl sites for hydroxylation is 1. The van der Waals surface area contributed by atoms with Crippen molar-refractivity contribution in [3.8, 4) is 5.82 Å². The lowest BCUT2D eigenvalue weighted by Gasteiger charge is -2.29. The minimum Gasteiger partial charge on any atom is -0.385 e. The highest BCUT2D eigenvalue weighted by atomic mass is 16.3. The van der Waals surface area contributed by atoms with Crippen LogP contribution in [0.1, 0.15) is 50.8 Å². The molecule has 0 aliphatic heterocycles. The maximum atomic E-state index is 11.3. The van der Waals surface area contributed by atoms with Crippen LogP contribution in [0.25, 0.3) is 16.9 Å². The topological polar surface area (TPSA) is 79.6 Å². The van der Waals surface area contributed by atoms with Crippen LogP contribution in [0, 0.1) is 6.92 Å². The number of H-pyrrole nitrogens is 1.